The Morgan fingerprint density at radius 1 is 1.33 bits per heavy atom. The maximum atomic E-state index is 11.9. The molecular weight excluding hydrogens is 358 g/mol. The van der Waals surface area contributed by atoms with E-state index in [1.165, 1.54) is 10.4 Å². The van der Waals surface area contributed by atoms with Crippen molar-refractivity contribution >= 4 is 33.3 Å². The molecular formula is C21H23N3O2S. The molecule has 2 atom stereocenters. The molecule has 1 aromatic carbocycles. The Morgan fingerprint density at radius 3 is 2.85 bits per heavy atom. The maximum absolute atomic E-state index is 11.9. The number of aromatic nitrogens is 2. The summed E-state index contributed by atoms with van der Waals surface area (Å²) in [4.78, 5) is 23.4. The number of aryl methyl sites for hydroxylation is 2. The predicted molar refractivity (Wildman–Crippen MR) is 109 cm³/mol. The van der Waals surface area contributed by atoms with Crippen LogP contribution in [-0.2, 0) is 24.1 Å². The fourth-order valence-corrected chi connectivity index (χ4v) is 5.20. The highest BCUT2D eigenvalue weighted by Crippen LogP contribution is 2.40. The number of carbonyl (C=O) groups is 1. The van der Waals surface area contributed by atoms with E-state index in [-0.39, 0.29) is 0 Å². The van der Waals surface area contributed by atoms with Crippen molar-refractivity contribution in [2.24, 2.45) is 5.92 Å². The molecule has 0 saturated carbocycles. The molecule has 140 valence electrons. The van der Waals surface area contributed by atoms with Crippen molar-refractivity contribution in [3.8, 4) is 0 Å². The van der Waals surface area contributed by atoms with Crippen molar-refractivity contribution < 1.29 is 9.90 Å². The normalized spacial score (nSPS) is 17.5. The fourth-order valence-electron chi connectivity index (χ4n) is 3.77. The molecule has 2 aromatic heterocycles. The first kappa shape index (κ1) is 17.9. The summed E-state index contributed by atoms with van der Waals surface area (Å²) in [6, 6.07) is 8.96. The highest BCUT2D eigenvalue weighted by atomic mass is 32.1. The summed E-state index contributed by atoms with van der Waals surface area (Å²) in [5.41, 5.74) is 2.29. The van der Waals surface area contributed by atoms with Crippen LogP contribution in [0.4, 0.5) is 5.82 Å². The minimum absolute atomic E-state index is 0.407. The molecule has 27 heavy (non-hydrogen) atoms. The van der Waals surface area contributed by atoms with Gasteiger partial charge in [-0.2, -0.15) is 0 Å². The van der Waals surface area contributed by atoms with E-state index in [1.54, 1.807) is 11.3 Å². The lowest BCUT2D eigenvalue weighted by Gasteiger charge is -2.20. The predicted octanol–water partition coefficient (Wildman–Crippen LogP) is 4.23. The second kappa shape index (κ2) is 7.27. The minimum Gasteiger partial charge on any atom is -0.480 e. The summed E-state index contributed by atoms with van der Waals surface area (Å²) in [6.45, 7) is 4.14. The van der Waals surface area contributed by atoms with E-state index in [0.29, 0.717) is 24.0 Å². The number of aliphatic carboxylic acids is 1. The lowest BCUT2D eigenvalue weighted by atomic mass is 9.89. The number of thiophene rings is 1. The van der Waals surface area contributed by atoms with Crippen molar-refractivity contribution in [3.63, 3.8) is 0 Å². The zero-order chi connectivity index (χ0) is 19.0. The van der Waals surface area contributed by atoms with Crippen molar-refractivity contribution in [3.05, 3.63) is 52.2 Å². The average molecular weight is 382 g/mol. The molecule has 2 heterocycles. The van der Waals surface area contributed by atoms with Gasteiger partial charge in [-0.25, -0.2) is 14.8 Å². The molecule has 0 aliphatic heterocycles. The summed E-state index contributed by atoms with van der Waals surface area (Å²) in [5, 5.41) is 14.0. The number of carboxylic acid groups (broad SMARTS) is 1. The third kappa shape index (κ3) is 3.67. The van der Waals surface area contributed by atoms with Crippen LogP contribution >= 0.6 is 11.3 Å². The molecule has 0 radical (unpaired) electrons. The maximum Gasteiger partial charge on any atom is 0.326 e. The van der Waals surface area contributed by atoms with Gasteiger partial charge in [-0.1, -0.05) is 37.3 Å². The molecule has 0 fully saturated rings. The molecule has 2 unspecified atom stereocenters. The van der Waals surface area contributed by atoms with Gasteiger partial charge in [-0.05, 0) is 43.2 Å². The van der Waals surface area contributed by atoms with E-state index >= 15 is 0 Å². The Labute approximate surface area is 162 Å². The smallest absolute Gasteiger partial charge is 0.326 e. The molecule has 5 nitrogen and oxygen atoms in total. The Morgan fingerprint density at radius 2 is 2.11 bits per heavy atom. The SMILES string of the molecule is Cc1nc(NC(Cc2ccccc2)C(=O)O)c2c3c(sc2n1)CC(C)CC3. The fraction of sp³-hybridized carbons (Fsp3) is 0.381. The summed E-state index contributed by atoms with van der Waals surface area (Å²) >= 11 is 1.73. The minimum atomic E-state index is -0.874. The van der Waals surface area contributed by atoms with Crippen LogP contribution in [0.5, 0.6) is 0 Å². The van der Waals surface area contributed by atoms with Gasteiger partial charge in [0.15, 0.2) is 0 Å². The topological polar surface area (TPSA) is 75.1 Å². The molecule has 1 aliphatic carbocycles. The van der Waals surface area contributed by atoms with Gasteiger partial charge in [0.1, 0.15) is 22.5 Å². The Hall–Kier alpha value is -2.47. The Bertz CT molecular complexity index is 984. The number of hydrogen-bond donors (Lipinski definition) is 2. The van der Waals surface area contributed by atoms with Crippen LogP contribution in [0, 0.1) is 12.8 Å². The van der Waals surface area contributed by atoms with Gasteiger partial charge < -0.3 is 10.4 Å². The van der Waals surface area contributed by atoms with Crippen LogP contribution in [-0.4, -0.2) is 27.1 Å². The van der Waals surface area contributed by atoms with Crippen LogP contribution in [0.1, 0.15) is 35.2 Å². The number of hydrogen-bond acceptors (Lipinski definition) is 5. The van der Waals surface area contributed by atoms with Gasteiger partial charge >= 0.3 is 5.97 Å². The molecule has 0 amide bonds. The number of nitrogens with one attached hydrogen (secondary N) is 1. The van der Waals surface area contributed by atoms with E-state index in [2.05, 4.69) is 22.2 Å². The largest absolute Gasteiger partial charge is 0.480 e. The molecule has 6 heteroatoms. The lowest BCUT2D eigenvalue weighted by molar-refractivity contribution is -0.137. The van der Waals surface area contributed by atoms with E-state index in [1.807, 2.05) is 37.3 Å². The molecule has 0 bridgehead atoms. The number of anilines is 1. The Kier molecular flexibility index (Phi) is 4.83. The standard InChI is InChI=1S/C21H23N3O2S/c1-12-8-9-15-17(10-12)27-20-18(15)19(22-13(2)23-20)24-16(21(25)26)11-14-6-4-3-5-7-14/h3-7,12,16H,8-11H2,1-2H3,(H,25,26)(H,22,23,24). The first-order chi connectivity index (χ1) is 13.0. The second-order valence-electron chi connectivity index (χ2n) is 7.38. The van der Waals surface area contributed by atoms with Gasteiger partial charge in [0.2, 0.25) is 0 Å². The van der Waals surface area contributed by atoms with Crippen LogP contribution in [0.25, 0.3) is 10.2 Å². The molecule has 0 saturated heterocycles. The summed E-state index contributed by atoms with van der Waals surface area (Å²) in [6.07, 6.45) is 3.64. The van der Waals surface area contributed by atoms with Crippen LogP contribution < -0.4 is 5.32 Å². The quantitative estimate of drug-likeness (QED) is 0.692. The van der Waals surface area contributed by atoms with Crippen molar-refractivity contribution in [1.29, 1.82) is 0 Å². The van der Waals surface area contributed by atoms with Crippen molar-refractivity contribution in [2.45, 2.75) is 45.6 Å². The molecule has 1 aliphatic rings. The summed E-state index contributed by atoms with van der Waals surface area (Å²) in [7, 11) is 0. The highest BCUT2D eigenvalue weighted by molar-refractivity contribution is 7.19. The molecule has 4 rings (SSSR count). The van der Waals surface area contributed by atoms with E-state index < -0.39 is 12.0 Å². The van der Waals surface area contributed by atoms with Crippen molar-refractivity contribution in [2.75, 3.05) is 5.32 Å². The third-order valence-corrected chi connectivity index (χ3v) is 6.31. The zero-order valence-electron chi connectivity index (χ0n) is 15.5. The molecule has 0 spiro atoms. The third-order valence-electron chi connectivity index (χ3n) is 5.16. The monoisotopic (exact) mass is 381 g/mol. The lowest BCUT2D eigenvalue weighted by Crippen LogP contribution is -2.32. The number of nitrogens with zero attached hydrogens (tertiary/aromatic N) is 2. The van der Waals surface area contributed by atoms with E-state index in [4.69, 9.17) is 0 Å². The number of rotatable bonds is 5. The van der Waals surface area contributed by atoms with Crippen molar-refractivity contribution in [1.82, 2.24) is 9.97 Å². The Balaban J connectivity index is 1.72. The van der Waals surface area contributed by atoms with Crippen LogP contribution in [0.2, 0.25) is 0 Å². The highest BCUT2D eigenvalue weighted by Gasteiger charge is 2.26. The summed E-state index contributed by atoms with van der Waals surface area (Å²) in [5.74, 6) is 1.13. The van der Waals surface area contributed by atoms with Crippen LogP contribution in [0.15, 0.2) is 30.3 Å². The zero-order valence-corrected chi connectivity index (χ0v) is 16.3. The van der Waals surface area contributed by atoms with Gasteiger partial charge in [0.25, 0.3) is 0 Å². The first-order valence-corrected chi connectivity index (χ1v) is 10.1. The van der Waals surface area contributed by atoms with Gasteiger partial charge in [-0.3, -0.25) is 0 Å². The van der Waals surface area contributed by atoms with Crippen LogP contribution in [0.3, 0.4) is 0 Å². The van der Waals surface area contributed by atoms with Gasteiger partial charge in [0, 0.05) is 11.3 Å². The second-order valence-corrected chi connectivity index (χ2v) is 8.46. The van der Waals surface area contributed by atoms with Gasteiger partial charge in [-0.15, -0.1) is 11.3 Å². The first-order valence-electron chi connectivity index (χ1n) is 9.33. The average Bonchev–Trinajstić information content (AvgIpc) is 2.98. The van der Waals surface area contributed by atoms with Gasteiger partial charge in [0.05, 0.1) is 5.39 Å². The molecule has 2 N–H and O–H groups in total. The number of fused-ring (bicyclic) bond motifs is 3. The molecule has 3 aromatic rings. The summed E-state index contributed by atoms with van der Waals surface area (Å²) < 4.78 is 0. The van der Waals surface area contributed by atoms with E-state index in [9.17, 15) is 9.90 Å². The number of carboxylic acids is 1. The van der Waals surface area contributed by atoms with E-state index in [0.717, 1.165) is 35.0 Å². The number of benzene rings is 1.